The summed E-state index contributed by atoms with van der Waals surface area (Å²) in [6.45, 7) is 2.16. The molecule has 2 aliphatic heterocycles. The number of morpholine rings is 1. The van der Waals surface area contributed by atoms with Crippen molar-refractivity contribution in [3.63, 3.8) is 0 Å². The van der Waals surface area contributed by atoms with E-state index in [1.807, 2.05) is 0 Å². The second-order valence-electron chi connectivity index (χ2n) is 5.41. The Bertz CT molecular complexity index is 658. The van der Waals surface area contributed by atoms with Gasteiger partial charge in [0.2, 0.25) is 5.95 Å². The zero-order chi connectivity index (χ0) is 15.6. The van der Waals surface area contributed by atoms with Crippen molar-refractivity contribution in [1.29, 1.82) is 0 Å². The zero-order valence-corrected chi connectivity index (χ0v) is 12.9. The van der Waals surface area contributed by atoms with E-state index in [2.05, 4.69) is 15.3 Å². The largest absolute Gasteiger partial charge is 0.378 e. The van der Waals surface area contributed by atoms with Gasteiger partial charge in [-0.15, -0.1) is 0 Å². The van der Waals surface area contributed by atoms with Crippen LogP contribution in [0.25, 0.3) is 0 Å². The van der Waals surface area contributed by atoms with E-state index in [9.17, 15) is 13.2 Å². The maximum atomic E-state index is 12.3. The summed E-state index contributed by atoms with van der Waals surface area (Å²) in [7, 11) is -2.97. The lowest BCUT2D eigenvalue weighted by Crippen LogP contribution is -2.41. The molecule has 0 radical (unpaired) electrons. The molecule has 1 amide bonds. The molecular formula is C13H18N4O4S. The number of sulfone groups is 1. The van der Waals surface area contributed by atoms with Gasteiger partial charge >= 0.3 is 0 Å². The van der Waals surface area contributed by atoms with Crippen molar-refractivity contribution in [3.8, 4) is 0 Å². The van der Waals surface area contributed by atoms with Crippen LogP contribution in [-0.2, 0) is 14.6 Å². The molecule has 3 rings (SSSR count). The fourth-order valence-corrected chi connectivity index (χ4v) is 4.24. The number of carbonyl (C=O) groups is 1. The second kappa shape index (κ2) is 6.17. The van der Waals surface area contributed by atoms with Crippen molar-refractivity contribution in [3.05, 3.63) is 18.0 Å². The average Bonchev–Trinajstić information content (AvgIpc) is 2.86. The third-order valence-electron chi connectivity index (χ3n) is 3.74. The monoisotopic (exact) mass is 326 g/mol. The van der Waals surface area contributed by atoms with Crippen LogP contribution < -0.4 is 5.32 Å². The first-order valence-electron chi connectivity index (χ1n) is 7.20. The number of hydrogen-bond acceptors (Lipinski definition) is 7. The van der Waals surface area contributed by atoms with Crippen LogP contribution in [0, 0.1) is 0 Å². The van der Waals surface area contributed by atoms with E-state index in [1.165, 1.54) is 6.20 Å². The summed E-state index contributed by atoms with van der Waals surface area (Å²) < 4.78 is 28.1. The van der Waals surface area contributed by atoms with Crippen molar-refractivity contribution in [1.82, 2.24) is 14.9 Å². The molecule has 0 saturated carbocycles. The van der Waals surface area contributed by atoms with Crippen LogP contribution >= 0.6 is 0 Å². The quantitative estimate of drug-likeness (QED) is 0.802. The molecule has 1 aromatic rings. The summed E-state index contributed by atoms with van der Waals surface area (Å²) in [6.07, 6.45) is 2.04. The van der Waals surface area contributed by atoms with E-state index in [1.54, 1.807) is 11.0 Å². The number of amides is 1. The third kappa shape index (κ3) is 3.53. The molecular weight excluding hydrogens is 308 g/mol. The van der Waals surface area contributed by atoms with Gasteiger partial charge in [0.25, 0.3) is 5.91 Å². The van der Waals surface area contributed by atoms with E-state index in [4.69, 9.17) is 4.74 Å². The van der Waals surface area contributed by atoms with Gasteiger partial charge in [0, 0.05) is 25.3 Å². The number of nitrogens with zero attached hydrogens (tertiary/aromatic N) is 3. The normalized spacial score (nSPS) is 24.2. The lowest BCUT2D eigenvalue weighted by atomic mass is 10.3. The Morgan fingerprint density at radius 1 is 1.36 bits per heavy atom. The molecule has 3 heterocycles. The fourth-order valence-electron chi connectivity index (χ4n) is 2.57. The average molecular weight is 326 g/mol. The Labute approximate surface area is 128 Å². The topological polar surface area (TPSA) is 101 Å². The molecule has 120 valence electrons. The van der Waals surface area contributed by atoms with Crippen molar-refractivity contribution in [2.24, 2.45) is 0 Å². The first-order valence-corrected chi connectivity index (χ1v) is 9.03. The smallest absolute Gasteiger partial charge is 0.272 e. The summed E-state index contributed by atoms with van der Waals surface area (Å²) in [5, 5.41) is 3.00. The Hall–Kier alpha value is -1.74. The van der Waals surface area contributed by atoms with E-state index in [0.29, 0.717) is 44.4 Å². The molecule has 0 aromatic carbocycles. The highest BCUT2D eigenvalue weighted by Crippen LogP contribution is 2.15. The summed E-state index contributed by atoms with van der Waals surface area (Å²) >= 11 is 0. The number of hydrogen-bond donors (Lipinski definition) is 1. The number of carbonyl (C=O) groups excluding carboxylic acids is 1. The van der Waals surface area contributed by atoms with Gasteiger partial charge in [-0.2, -0.15) is 0 Å². The molecule has 0 spiro atoms. The van der Waals surface area contributed by atoms with Crippen LogP contribution in [0.1, 0.15) is 16.9 Å². The van der Waals surface area contributed by atoms with Crippen LogP contribution in [0.2, 0.25) is 0 Å². The minimum atomic E-state index is -2.97. The van der Waals surface area contributed by atoms with E-state index < -0.39 is 9.84 Å². The zero-order valence-electron chi connectivity index (χ0n) is 12.1. The van der Waals surface area contributed by atoms with Crippen LogP contribution in [0.4, 0.5) is 5.95 Å². The van der Waals surface area contributed by atoms with Gasteiger partial charge in [0.05, 0.1) is 24.7 Å². The van der Waals surface area contributed by atoms with Gasteiger partial charge in [0.15, 0.2) is 9.84 Å². The van der Waals surface area contributed by atoms with Gasteiger partial charge in [0.1, 0.15) is 5.69 Å². The predicted molar refractivity (Wildman–Crippen MR) is 79.4 cm³/mol. The number of rotatable bonds is 3. The van der Waals surface area contributed by atoms with Crippen molar-refractivity contribution >= 4 is 21.7 Å². The van der Waals surface area contributed by atoms with Crippen molar-refractivity contribution in [2.75, 3.05) is 43.1 Å². The van der Waals surface area contributed by atoms with Gasteiger partial charge in [-0.1, -0.05) is 0 Å². The molecule has 2 saturated heterocycles. The standard InChI is InChI=1S/C13H18N4O4S/c18-12(17-4-6-21-7-5-17)11-1-3-14-13(16-11)15-10-2-8-22(19,20)9-10/h1,3,10H,2,4-9H2,(H,14,15,16). The van der Waals surface area contributed by atoms with Crippen LogP contribution in [-0.4, -0.2) is 73.0 Å². The molecule has 22 heavy (non-hydrogen) atoms. The van der Waals surface area contributed by atoms with E-state index in [-0.39, 0.29) is 23.5 Å². The van der Waals surface area contributed by atoms with Gasteiger partial charge in [-0.25, -0.2) is 18.4 Å². The molecule has 9 heteroatoms. The number of nitrogens with one attached hydrogen (secondary N) is 1. The molecule has 0 bridgehead atoms. The first-order chi connectivity index (χ1) is 10.5. The van der Waals surface area contributed by atoms with E-state index in [0.717, 1.165) is 0 Å². The molecule has 1 aromatic heterocycles. The molecule has 1 atom stereocenters. The van der Waals surface area contributed by atoms with Gasteiger partial charge in [-0.05, 0) is 12.5 Å². The maximum Gasteiger partial charge on any atom is 0.272 e. The minimum absolute atomic E-state index is 0.0813. The number of aromatic nitrogens is 2. The Morgan fingerprint density at radius 2 is 2.14 bits per heavy atom. The lowest BCUT2D eigenvalue weighted by molar-refractivity contribution is 0.0299. The SMILES string of the molecule is O=C(c1ccnc(NC2CCS(=O)(=O)C2)n1)N1CCOCC1. The Kier molecular flexibility index (Phi) is 4.25. The number of anilines is 1. The maximum absolute atomic E-state index is 12.3. The second-order valence-corrected chi connectivity index (χ2v) is 7.64. The highest BCUT2D eigenvalue weighted by molar-refractivity contribution is 7.91. The van der Waals surface area contributed by atoms with Crippen LogP contribution in [0.3, 0.4) is 0 Å². The van der Waals surface area contributed by atoms with Crippen LogP contribution in [0.5, 0.6) is 0 Å². The summed E-state index contributed by atoms with van der Waals surface area (Å²) in [4.78, 5) is 22.3. The molecule has 2 aliphatic rings. The molecule has 0 aliphatic carbocycles. The van der Waals surface area contributed by atoms with Crippen LogP contribution in [0.15, 0.2) is 12.3 Å². The molecule has 8 nitrogen and oxygen atoms in total. The summed E-state index contributed by atoms with van der Waals surface area (Å²) in [6, 6.07) is 1.37. The summed E-state index contributed by atoms with van der Waals surface area (Å²) in [5.74, 6) is 0.392. The van der Waals surface area contributed by atoms with Gasteiger partial charge in [-0.3, -0.25) is 4.79 Å². The van der Waals surface area contributed by atoms with Crippen molar-refractivity contribution in [2.45, 2.75) is 12.5 Å². The highest BCUT2D eigenvalue weighted by atomic mass is 32.2. The molecule has 1 unspecified atom stereocenters. The number of ether oxygens (including phenoxy) is 1. The van der Waals surface area contributed by atoms with E-state index >= 15 is 0 Å². The lowest BCUT2D eigenvalue weighted by Gasteiger charge is -2.26. The molecule has 2 fully saturated rings. The summed E-state index contributed by atoms with van der Waals surface area (Å²) in [5.41, 5.74) is 0.306. The van der Waals surface area contributed by atoms with Crippen molar-refractivity contribution < 1.29 is 17.9 Å². The fraction of sp³-hybridized carbons (Fsp3) is 0.615. The molecule has 1 N–H and O–H groups in total. The first kappa shape index (κ1) is 15.2. The minimum Gasteiger partial charge on any atom is -0.378 e. The predicted octanol–water partition coefficient (Wildman–Crippen LogP) is -0.452. The van der Waals surface area contributed by atoms with Gasteiger partial charge < -0.3 is 15.0 Å². The highest BCUT2D eigenvalue weighted by Gasteiger charge is 2.28. The third-order valence-corrected chi connectivity index (χ3v) is 5.51. The Morgan fingerprint density at radius 3 is 2.82 bits per heavy atom. The Balaban J connectivity index is 1.68.